The number of esters is 1. The third kappa shape index (κ3) is 8.25. The van der Waals surface area contributed by atoms with Crippen LogP contribution in [0, 0.1) is 35.8 Å². The Labute approximate surface area is 250 Å². The van der Waals surface area contributed by atoms with E-state index in [2.05, 4.69) is 86.4 Å². The van der Waals surface area contributed by atoms with Crippen molar-refractivity contribution in [2.45, 2.75) is 60.8 Å². The van der Waals surface area contributed by atoms with Crippen molar-refractivity contribution in [1.82, 2.24) is 0 Å². The molecule has 0 unspecified atom stereocenters. The third-order valence-electron chi connectivity index (χ3n) is 6.35. The normalized spacial score (nSPS) is 11.0. The number of aryl methyl sites for hydroxylation is 2. The van der Waals surface area contributed by atoms with Gasteiger partial charge in [-0.3, -0.25) is 14.9 Å². The fourth-order valence-corrected chi connectivity index (χ4v) is 6.68. The molecular formula is C35H34NO5S+. The first-order chi connectivity index (χ1) is 20.1. The molecule has 0 saturated heterocycles. The third-order valence-corrected chi connectivity index (χ3v) is 8.55. The number of hydrogen-bond acceptors (Lipinski definition) is 5. The highest BCUT2D eigenvalue weighted by atomic mass is 32.2. The maximum absolute atomic E-state index is 12.5. The molecule has 0 N–H and O–H groups in total. The van der Waals surface area contributed by atoms with Crippen LogP contribution in [0.25, 0.3) is 0 Å². The summed E-state index contributed by atoms with van der Waals surface area (Å²) in [7, 11) is -0.239. The first kappa shape index (κ1) is 30.4. The molecule has 0 aliphatic heterocycles. The van der Waals surface area contributed by atoms with E-state index in [0.717, 1.165) is 16.9 Å². The lowest BCUT2D eigenvalue weighted by molar-refractivity contribution is -0.384. The fraction of sp³-hybridized carbons (Fsp3) is 0.229. The Morgan fingerprint density at radius 3 is 1.93 bits per heavy atom. The summed E-state index contributed by atoms with van der Waals surface area (Å²) in [6.45, 7) is 7.93. The van der Waals surface area contributed by atoms with Crippen LogP contribution in [-0.4, -0.2) is 23.1 Å². The van der Waals surface area contributed by atoms with E-state index in [1.54, 1.807) is 26.0 Å². The monoisotopic (exact) mass is 580 g/mol. The molecule has 0 saturated carbocycles. The van der Waals surface area contributed by atoms with Crippen LogP contribution < -0.4 is 4.74 Å². The zero-order chi connectivity index (χ0) is 30.1. The van der Waals surface area contributed by atoms with Crippen LogP contribution in [-0.2, 0) is 20.4 Å². The summed E-state index contributed by atoms with van der Waals surface area (Å²) in [6, 6.07) is 31.4. The van der Waals surface area contributed by atoms with Gasteiger partial charge in [-0.2, -0.15) is 0 Å². The van der Waals surface area contributed by atoms with Crippen LogP contribution in [0.4, 0.5) is 5.69 Å². The Kier molecular flexibility index (Phi) is 10.1. The molecule has 0 aliphatic carbocycles. The maximum atomic E-state index is 12.5. The number of hydrogen-bond donors (Lipinski definition) is 0. The van der Waals surface area contributed by atoms with Gasteiger partial charge < -0.3 is 9.47 Å². The number of carbonyl (C=O) groups is 1. The number of ether oxygens (including phenoxy) is 2. The predicted octanol–water partition coefficient (Wildman–Crippen LogP) is 7.84. The van der Waals surface area contributed by atoms with Gasteiger partial charge in [-0.1, -0.05) is 48.2 Å². The highest BCUT2D eigenvalue weighted by Gasteiger charge is 2.29. The van der Waals surface area contributed by atoms with Gasteiger partial charge in [0.1, 0.15) is 5.75 Å². The Morgan fingerprint density at radius 2 is 1.40 bits per heavy atom. The van der Waals surface area contributed by atoms with Gasteiger partial charge >= 0.3 is 5.97 Å². The minimum atomic E-state index is -1.00. The first-order valence-electron chi connectivity index (χ1n) is 13.7. The molecule has 0 bridgehead atoms. The smallest absolute Gasteiger partial charge is 0.307 e. The molecule has 4 rings (SSSR count). The summed E-state index contributed by atoms with van der Waals surface area (Å²) in [6.07, 6.45) is 0.702. The van der Waals surface area contributed by atoms with Crippen LogP contribution in [0.15, 0.2) is 112 Å². The lowest BCUT2D eigenvalue weighted by atomic mass is 10.1. The van der Waals surface area contributed by atoms with E-state index >= 15 is 0 Å². The van der Waals surface area contributed by atoms with Crippen molar-refractivity contribution >= 4 is 22.6 Å². The zero-order valence-corrected chi connectivity index (χ0v) is 25.1. The number of carbonyl (C=O) groups excluding carboxylic acids is 1. The van der Waals surface area contributed by atoms with Crippen LogP contribution in [0.3, 0.4) is 0 Å². The summed E-state index contributed by atoms with van der Waals surface area (Å²) in [5.41, 5.74) is 1.71. The average molecular weight is 581 g/mol. The zero-order valence-electron chi connectivity index (χ0n) is 24.3. The summed E-state index contributed by atoms with van der Waals surface area (Å²) >= 11 is 0. The lowest BCUT2D eigenvalue weighted by Crippen LogP contribution is -2.26. The molecule has 214 valence electrons. The Bertz CT molecular complexity index is 1530. The number of non-ortho nitro benzene ring substituents is 1. The van der Waals surface area contributed by atoms with E-state index in [4.69, 9.17) is 9.47 Å². The Morgan fingerprint density at radius 1 is 0.857 bits per heavy atom. The highest BCUT2D eigenvalue weighted by Crippen LogP contribution is 2.35. The molecule has 7 heteroatoms. The minimum absolute atomic E-state index is 0.00118. The van der Waals surface area contributed by atoms with Crippen molar-refractivity contribution in [3.63, 3.8) is 0 Å². The maximum Gasteiger partial charge on any atom is 0.307 e. The van der Waals surface area contributed by atoms with E-state index in [1.165, 1.54) is 26.8 Å². The van der Waals surface area contributed by atoms with Gasteiger partial charge in [0, 0.05) is 36.2 Å². The first-order valence-corrected chi connectivity index (χ1v) is 14.9. The van der Waals surface area contributed by atoms with Gasteiger partial charge in [0.15, 0.2) is 20.3 Å². The second-order valence-corrected chi connectivity index (χ2v) is 12.3. The Hall–Kier alpha value is -4.54. The molecule has 42 heavy (non-hydrogen) atoms. The topological polar surface area (TPSA) is 78.7 Å². The van der Waals surface area contributed by atoms with Crippen molar-refractivity contribution < 1.29 is 19.2 Å². The van der Waals surface area contributed by atoms with Gasteiger partial charge in [0.25, 0.3) is 5.69 Å². The van der Waals surface area contributed by atoms with E-state index in [0.29, 0.717) is 18.6 Å². The number of nitro benzene ring substituents is 1. The lowest BCUT2D eigenvalue weighted by Gasteiger charge is -2.19. The van der Waals surface area contributed by atoms with Crippen molar-refractivity contribution in [3.8, 4) is 17.6 Å². The summed E-state index contributed by atoms with van der Waals surface area (Å²) in [5.74, 6) is 6.33. The minimum Gasteiger partial charge on any atom is -0.493 e. The molecule has 6 nitrogen and oxygen atoms in total. The Balaban J connectivity index is 1.35. The number of nitrogens with zero attached hydrogens (tertiary/aromatic N) is 1. The SMILES string of the molecule is Cc1cc([S+](c2ccccc2)c2ccccc2)cc(C)c1OCCCC(=O)OC(C)(C)C#Cc1ccc([N+](=O)[O-])cc1. The molecule has 0 atom stereocenters. The van der Waals surface area contributed by atoms with Crippen molar-refractivity contribution in [2.75, 3.05) is 6.61 Å². The molecule has 0 heterocycles. The molecule has 0 amide bonds. The molecule has 0 aliphatic rings. The largest absolute Gasteiger partial charge is 0.493 e. The molecule has 0 aromatic heterocycles. The standard InChI is InChI=1S/C35H34NO5S/c1-26-24-32(42(30-12-7-5-8-13-30)31-14-9-6-10-15-31)25-27(2)34(26)40-23-11-16-33(37)41-35(3,4)22-21-28-17-19-29(20-18-28)36(38)39/h5-10,12-15,17-20,24-25H,11,16,23H2,1-4H3/q+1. The van der Waals surface area contributed by atoms with Crippen LogP contribution in [0.2, 0.25) is 0 Å². The van der Waals surface area contributed by atoms with Gasteiger partial charge in [-0.05, 0) is 81.6 Å². The fourth-order valence-electron chi connectivity index (χ4n) is 4.42. The van der Waals surface area contributed by atoms with E-state index < -0.39 is 10.5 Å². The number of nitro groups is 1. The highest BCUT2D eigenvalue weighted by molar-refractivity contribution is 7.97. The number of rotatable bonds is 10. The van der Waals surface area contributed by atoms with Gasteiger partial charge in [-0.25, -0.2) is 0 Å². The molecular weight excluding hydrogens is 546 g/mol. The van der Waals surface area contributed by atoms with Gasteiger partial charge in [-0.15, -0.1) is 0 Å². The molecule has 0 radical (unpaired) electrons. The molecule has 0 fully saturated rings. The van der Waals surface area contributed by atoms with Crippen LogP contribution in [0.1, 0.15) is 43.4 Å². The molecule has 4 aromatic rings. The second-order valence-electron chi connectivity index (χ2n) is 10.3. The summed E-state index contributed by atoms with van der Waals surface area (Å²) < 4.78 is 11.7. The summed E-state index contributed by atoms with van der Waals surface area (Å²) in [4.78, 5) is 26.6. The van der Waals surface area contributed by atoms with Crippen molar-refractivity contribution in [2.24, 2.45) is 0 Å². The van der Waals surface area contributed by atoms with Gasteiger partial charge in [0.2, 0.25) is 0 Å². The summed E-state index contributed by atoms with van der Waals surface area (Å²) in [5, 5.41) is 10.8. The molecule has 0 spiro atoms. The van der Waals surface area contributed by atoms with E-state index in [9.17, 15) is 14.9 Å². The van der Waals surface area contributed by atoms with Crippen LogP contribution >= 0.6 is 0 Å². The second kappa shape index (κ2) is 13.9. The van der Waals surface area contributed by atoms with Crippen molar-refractivity contribution in [1.29, 1.82) is 0 Å². The average Bonchev–Trinajstić information content (AvgIpc) is 2.96. The van der Waals surface area contributed by atoms with Crippen LogP contribution in [0.5, 0.6) is 5.75 Å². The predicted molar refractivity (Wildman–Crippen MR) is 166 cm³/mol. The quantitative estimate of drug-likeness (QED) is 0.0477. The van der Waals surface area contributed by atoms with E-state index in [1.807, 2.05) is 12.1 Å². The number of benzene rings is 4. The van der Waals surface area contributed by atoms with Crippen molar-refractivity contribution in [3.05, 3.63) is 124 Å². The van der Waals surface area contributed by atoms with Gasteiger partial charge in [0.05, 0.1) is 22.4 Å². The van der Waals surface area contributed by atoms with E-state index in [-0.39, 0.29) is 29.0 Å². The molecule has 4 aromatic carbocycles.